The van der Waals surface area contributed by atoms with Gasteiger partial charge < -0.3 is 0 Å². The Morgan fingerprint density at radius 2 is 0.315 bits per heavy atom. The van der Waals surface area contributed by atoms with Gasteiger partial charge in [-0.1, -0.05) is 318 Å². The third-order valence-electron chi connectivity index (χ3n) is 13.5. The van der Waals surface area contributed by atoms with Crippen LogP contribution in [0.4, 0.5) is 0 Å². The molecular formula is C65H124O4S4. The van der Waals surface area contributed by atoms with Crippen LogP contribution in [0.5, 0.6) is 0 Å². The number of thiol groups is 4. The van der Waals surface area contributed by atoms with Gasteiger partial charge in [0.2, 0.25) is 20.5 Å². The number of carbonyl (C=O) groups excluding carboxylic acids is 4. The maximum absolute atomic E-state index is 10.8. The monoisotopic (exact) mass is 1100 g/mol. The summed E-state index contributed by atoms with van der Waals surface area (Å²) in [5, 5.41) is -0.603. The molecule has 0 N–H and O–H groups in total. The minimum atomic E-state index is -0.151. The SMILES string of the molecule is C.C=C(CCCCCCCCCCCCC)C(=O)S.C=C(CCCCCCCCCCCCC)C(=O)S.C=C(CCCCCCCCCCCCC)C(=O)S.C=C(CCCCCCCCCCCCC)C(=O)S. The lowest BCUT2D eigenvalue weighted by Crippen LogP contribution is -1.91. The van der Waals surface area contributed by atoms with E-state index in [0.717, 1.165) is 51.4 Å². The summed E-state index contributed by atoms with van der Waals surface area (Å²) in [7, 11) is 0. The summed E-state index contributed by atoms with van der Waals surface area (Å²) in [5.41, 5.74) is 2.65. The molecule has 0 bridgehead atoms. The van der Waals surface area contributed by atoms with E-state index >= 15 is 0 Å². The topological polar surface area (TPSA) is 68.3 Å². The second-order valence-corrected chi connectivity index (χ2v) is 22.4. The van der Waals surface area contributed by atoms with Crippen molar-refractivity contribution in [1.82, 2.24) is 0 Å². The first-order chi connectivity index (χ1) is 34.7. The van der Waals surface area contributed by atoms with Crippen LogP contribution in [0.1, 0.15) is 343 Å². The Hall–Kier alpha value is -0.960. The van der Waals surface area contributed by atoms with Gasteiger partial charge in [0.15, 0.2) is 0 Å². The summed E-state index contributed by atoms with van der Waals surface area (Å²) >= 11 is 15.0. The van der Waals surface area contributed by atoms with E-state index in [-0.39, 0.29) is 27.9 Å². The Labute approximate surface area is 479 Å². The van der Waals surface area contributed by atoms with Crippen LogP contribution >= 0.6 is 50.5 Å². The number of hydrogen-bond acceptors (Lipinski definition) is 4. The molecule has 8 heteroatoms. The highest BCUT2D eigenvalue weighted by molar-refractivity contribution is 7.97. The molecule has 0 rings (SSSR count). The molecule has 0 aromatic heterocycles. The summed E-state index contributed by atoms with van der Waals surface area (Å²) in [4.78, 5) is 43.3. The second-order valence-electron chi connectivity index (χ2n) is 20.8. The third-order valence-corrected chi connectivity index (χ3v) is 14.8. The van der Waals surface area contributed by atoms with Gasteiger partial charge in [-0.3, -0.25) is 19.2 Å². The fourth-order valence-electron chi connectivity index (χ4n) is 8.44. The third kappa shape index (κ3) is 75.3. The van der Waals surface area contributed by atoms with Gasteiger partial charge in [0, 0.05) is 0 Å². The molecule has 0 aromatic rings. The standard InChI is InChI=1S/4C16H30OS.CH4/c4*1-3-4-5-6-7-8-9-10-11-12-13-14-15(2)16(17)18;/h4*2-14H2,1H3,(H,17,18);1H4. The molecule has 0 heterocycles. The highest BCUT2D eigenvalue weighted by atomic mass is 32.1. The fourth-order valence-corrected chi connectivity index (χ4v) is 8.89. The summed E-state index contributed by atoms with van der Waals surface area (Å²) in [5.74, 6) is 0. The van der Waals surface area contributed by atoms with Crippen LogP contribution in [0, 0.1) is 0 Å². The summed E-state index contributed by atoms with van der Waals surface area (Å²) in [6, 6.07) is 0. The molecule has 0 aliphatic carbocycles. The molecule has 432 valence electrons. The van der Waals surface area contributed by atoms with Gasteiger partial charge in [-0.2, -0.15) is 0 Å². The van der Waals surface area contributed by atoms with E-state index in [9.17, 15) is 19.2 Å². The van der Waals surface area contributed by atoms with Crippen molar-refractivity contribution in [1.29, 1.82) is 0 Å². The van der Waals surface area contributed by atoms with Gasteiger partial charge in [-0.05, 0) is 73.7 Å². The van der Waals surface area contributed by atoms with E-state index in [4.69, 9.17) is 0 Å². The second kappa shape index (κ2) is 69.1. The van der Waals surface area contributed by atoms with E-state index in [1.54, 1.807) is 0 Å². The zero-order chi connectivity index (χ0) is 54.6. The van der Waals surface area contributed by atoms with Crippen LogP contribution in [-0.2, 0) is 19.2 Å². The normalized spacial score (nSPS) is 10.4. The highest BCUT2D eigenvalue weighted by Crippen LogP contribution is 2.18. The first kappa shape index (κ1) is 80.9. The van der Waals surface area contributed by atoms with E-state index < -0.39 is 0 Å². The maximum atomic E-state index is 10.8. The van der Waals surface area contributed by atoms with Crippen LogP contribution in [0.15, 0.2) is 48.6 Å². The Bertz CT molecular complexity index is 1080. The minimum absolute atomic E-state index is 0. The van der Waals surface area contributed by atoms with Gasteiger partial charge >= 0.3 is 0 Å². The first-order valence-electron chi connectivity index (χ1n) is 30.4. The zero-order valence-corrected chi connectivity index (χ0v) is 51.8. The van der Waals surface area contributed by atoms with Crippen molar-refractivity contribution in [2.75, 3.05) is 0 Å². The molecule has 0 unspecified atom stereocenters. The van der Waals surface area contributed by atoms with Crippen molar-refractivity contribution in [3.63, 3.8) is 0 Å². The largest absolute Gasteiger partial charge is 0.282 e. The summed E-state index contributed by atoms with van der Waals surface area (Å²) in [6.45, 7) is 23.9. The van der Waals surface area contributed by atoms with Crippen molar-refractivity contribution < 1.29 is 19.2 Å². The lowest BCUT2D eigenvalue weighted by atomic mass is 10.0. The van der Waals surface area contributed by atoms with Crippen molar-refractivity contribution in [2.45, 2.75) is 343 Å². The molecule has 0 aromatic carbocycles. The van der Waals surface area contributed by atoms with Crippen molar-refractivity contribution in [3.05, 3.63) is 48.6 Å². The lowest BCUT2D eigenvalue weighted by molar-refractivity contribution is -0.108. The Morgan fingerprint density at radius 3 is 0.411 bits per heavy atom. The van der Waals surface area contributed by atoms with Gasteiger partial charge in [0.25, 0.3) is 0 Å². The van der Waals surface area contributed by atoms with Crippen LogP contribution in [0.3, 0.4) is 0 Å². The molecule has 0 aliphatic heterocycles. The summed E-state index contributed by atoms with van der Waals surface area (Å²) in [6.07, 6.45) is 62.0. The van der Waals surface area contributed by atoms with Crippen molar-refractivity contribution in [3.8, 4) is 0 Å². The van der Waals surface area contributed by atoms with Gasteiger partial charge in [0.1, 0.15) is 0 Å². The molecule has 0 saturated carbocycles. The minimum Gasteiger partial charge on any atom is -0.282 e. The molecule has 0 fully saturated rings. The van der Waals surface area contributed by atoms with E-state index in [1.165, 1.54) is 257 Å². The van der Waals surface area contributed by atoms with Gasteiger partial charge in [-0.25, -0.2) is 0 Å². The molecule has 0 atom stereocenters. The van der Waals surface area contributed by atoms with E-state index in [1.807, 2.05) is 0 Å². The molecule has 0 saturated heterocycles. The average Bonchev–Trinajstić information content (AvgIpc) is 3.35. The molecule has 0 radical (unpaired) electrons. The number of carbonyl (C=O) groups is 4. The predicted octanol–water partition coefficient (Wildman–Crippen LogP) is 23.4. The lowest BCUT2D eigenvalue weighted by Gasteiger charge is -2.03. The molecule has 4 nitrogen and oxygen atoms in total. The van der Waals surface area contributed by atoms with Crippen LogP contribution in [0.25, 0.3) is 0 Å². The fraction of sp³-hybridized carbons (Fsp3) is 0.815. The van der Waals surface area contributed by atoms with Gasteiger partial charge in [0.05, 0.1) is 0 Å². The smallest absolute Gasteiger partial charge is 0.211 e. The average molecular weight is 1100 g/mol. The Balaban J connectivity index is -0.000000280. The molecule has 73 heavy (non-hydrogen) atoms. The number of hydrogen-bond donors (Lipinski definition) is 4. The molecule has 0 amide bonds. The molecule has 0 spiro atoms. The van der Waals surface area contributed by atoms with E-state index in [2.05, 4.69) is 105 Å². The van der Waals surface area contributed by atoms with Gasteiger partial charge in [-0.15, -0.1) is 50.5 Å². The number of unbranched alkanes of at least 4 members (excludes halogenated alkanes) is 40. The Morgan fingerprint density at radius 1 is 0.219 bits per heavy atom. The van der Waals surface area contributed by atoms with Crippen LogP contribution in [-0.4, -0.2) is 20.5 Å². The van der Waals surface area contributed by atoms with Crippen molar-refractivity contribution in [2.24, 2.45) is 0 Å². The van der Waals surface area contributed by atoms with Crippen LogP contribution in [0.2, 0.25) is 0 Å². The molecular weight excluding hydrogens is 973 g/mol. The maximum Gasteiger partial charge on any atom is 0.211 e. The zero-order valence-electron chi connectivity index (χ0n) is 48.2. The predicted molar refractivity (Wildman–Crippen MR) is 344 cm³/mol. The van der Waals surface area contributed by atoms with Crippen molar-refractivity contribution >= 4 is 71.0 Å². The Kier molecular flexibility index (Phi) is 76.5. The number of rotatable bonds is 52. The summed E-state index contributed by atoms with van der Waals surface area (Å²) < 4.78 is 0. The highest BCUT2D eigenvalue weighted by Gasteiger charge is 2.04. The van der Waals surface area contributed by atoms with Crippen LogP contribution < -0.4 is 0 Å². The quantitative estimate of drug-likeness (QED) is 0.0278. The molecule has 0 aliphatic rings. The van der Waals surface area contributed by atoms with E-state index in [0.29, 0.717) is 22.3 Å². The first-order valence-corrected chi connectivity index (χ1v) is 32.2.